The van der Waals surface area contributed by atoms with Gasteiger partial charge < -0.3 is 9.88 Å². The first kappa shape index (κ1) is 18.3. The lowest BCUT2D eigenvalue weighted by atomic mass is 9.95. The Morgan fingerprint density at radius 3 is 2.77 bits per heavy atom. The van der Waals surface area contributed by atoms with Crippen molar-refractivity contribution in [2.45, 2.75) is 25.9 Å². The first-order valence-corrected chi connectivity index (χ1v) is 10.1. The first-order valence-electron chi connectivity index (χ1n) is 10.1. The van der Waals surface area contributed by atoms with Gasteiger partial charge in [0.2, 0.25) is 5.91 Å². The molecule has 1 N–H and O–H groups in total. The summed E-state index contributed by atoms with van der Waals surface area (Å²) in [4.78, 5) is 21.6. The molecule has 3 heterocycles. The van der Waals surface area contributed by atoms with E-state index in [0.29, 0.717) is 13.0 Å². The molecule has 0 saturated heterocycles. The molecule has 0 fully saturated rings. The fourth-order valence-electron chi connectivity index (χ4n) is 4.01. The van der Waals surface area contributed by atoms with Crippen molar-refractivity contribution in [3.63, 3.8) is 0 Å². The fourth-order valence-corrected chi connectivity index (χ4v) is 4.01. The third-order valence-corrected chi connectivity index (χ3v) is 5.57. The van der Waals surface area contributed by atoms with E-state index in [1.165, 1.54) is 6.33 Å². The van der Waals surface area contributed by atoms with Crippen LogP contribution >= 0.6 is 0 Å². The zero-order valence-corrected chi connectivity index (χ0v) is 16.5. The molecule has 1 atom stereocenters. The molecule has 0 spiro atoms. The number of benzene rings is 2. The van der Waals surface area contributed by atoms with Crippen molar-refractivity contribution in [3.8, 4) is 11.4 Å². The molecule has 150 valence electrons. The Labute approximate surface area is 174 Å². The Bertz CT molecular complexity index is 1150. The molecule has 30 heavy (non-hydrogen) atoms. The molecule has 0 aliphatic carbocycles. The third-order valence-electron chi connectivity index (χ3n) is 5.57. The lowest BCUT2D eigenvalue weighted by molar-refractivity contribution is -0.120. The number of hydrogen-bond acceptors (Lipinski definition) is 4. The second-order valence-electron chi connectivity index (χ2n) is 7.52. The molecule has 5 rings (SSSR count). The van der Waals surface area contributed by atoms with Crippen molar-refractivity contribution in [1.29, 1.82) is 0 Å². The molecule has 4 aromatic rings. The average molecular weight is 398 g/mol. The summed E-state index contributed by atoms with van der Waals surface area (Å²) in [6.45, 7) is 1.35. The van der Waals surface area contributed by atoms with Crippen LogP contribution in [0.1, 0.15) is 17.7 Å². The van der Waals surface area contributed by atoms with E-state index in [1.807, 2.05) is 48.7 Å². The molecule has 7 nitrogen and oxygen atoms in total. The minimum atomic E-state index is -0.0720. The minimum Gasteiger partial charge on any atom is -0.328 e. The SMILES string of the molecule is O=C(Nc1ccccc1Cn1cncn1)[C@H]1CCn2c(cnc2-c2ccccc2)C1. The highest BCUT2D eigenvalue weighted by atomic mass is 16.1. The molecule has 2 aromatic carbocycles. The number of carbonyl (C=O) groups is 1. The third kappa shape index (κ3) is 3.61. The van der Waals surface area contributed by atoms with Gasteiger partial charge in [-0.1, -0.05) is 48.5 Å². The number of anilines is 1. The Kier molecular flexibility index (Phi) is 4.85. The van der Waals surface area contributed by atoms with Crippen molar-refractivity contribution in [1.82, 2.24) is 24.3 Å². The Hall–Kier alpha value is -3.74. The van der Waals surface area contributed by atoms with Crippen molar-refractivity contribution < 1.29 is 4.79 Å². The smallest absolute Gasteiger partial charge is 0.227 e. The molecule has 2 aromatic heterocycles. The van der Waals surface area contributed by atoms with Crippen LogP contribution in [0.4, 0.5) is 5.69 Å². The van der Waals surface area contributed by atoms with E-state index >= 15 is 0 Å². The maximum atomic E-state index is 13.0. The zero-order valence-electron chi connectivity index (χ0n) is 16.5. The average Bonchev–Trinajstić information content (AvgIpc) is 3.45. The van der Waals surface area contributed by atoms with Crippen molar-refractivity contribution >= 4 is 11.6 Å². The highest BCUT2D eigenvalue weighted by Gasteiger charge is 2.27. The molecule has 0 unspecified atom stereocenters. The summed E-state index contributed by atoms with van der Waals surface area (Å²) in [5.74, 6) is 0.953. The van der Waals surface area contributed by atoms with Gasteiger partial charge in [-0.25, -0.2) is 14.6 Å². The van der Waals surface area contributed by atoms with Crippen LogP contribution in [0.15, 0.2) is 73.4 Å². The van der Waals surface area contributed by atoms with Crippen molar-refractivity contribution in [3.05, 3.63) is 84.7 Å². The summed E-state index contributed by atoms with van der Waals surface area (Å²) < 4.78 is 3.98. The number of nitrogens with one attached hydrogen (secondary N) is 1. The van der Waals surface area contributed by atoms with Gasteiger partial charge in [0.05, 0.1) is 6.54 Å². The van der Waals surface area contributed by atoms with E-state index in [-0.39, 0.29) is 11.8 Å². The predicted molar refractivity (Wildman–Crippen MR) is 114 cm³/mol. The number of hydrogen-bond donors (Lipinski definition) is 1. The molecular weight excluding hydrogens is 376 g/mol. The van der Waals surface area contributed by atoms with Gasteiger partial charge in [-0.2, -0.15) is 5.10 Å². The summed E-state index contributed by atoms with van der Waals surface area (Å²) in [5, 5.41) is 7.29. The second-order valence-corrected chi connectivity index (χ2v) is 7.52. The normalized spacial score (nSPS) is 15.5. The van der Waals surface area contributed by atoms with Gasteiger partial charge in [-0.05, 0) is 18.1 Å². The van der Waals surface area contributed by atoms with E-state index < -0.39 is 0 Å². The number of rotatable bonds is 5. The molecule has 0 saturated carbocycles. The number of imidazole rings is 1. The highest BCUT2D eigenvalue weighted by molar-refractivity contribution is 5.93. The second kappa shape index (κ2) is 7.94. The maximum absolute atomic E-state index is 13.0. The van der Waals surface area contributed by atoms with Crippen LogP contribution in [-0.2, 0) is 24.3 Å². The van der Waals surface area contributed by atoms with Gasteiger partial charge >= 0.3 is 0 Å². The number of nitrogens with zero attached hydrogens (tertiary/aromatic N) is 5. The molecule has 7 heteroatoms. The highest BCUT2D eigenvalue weighted by Crippen LogP contribution is 2.28. The van der Waals surface area contributed by atoms with E-state index in [1.54, 1.807) is 11.0 Å². The van der Waals surface area contributed by atoms with E-state index in [9.17, 15) is 4.79 Å². The number of carbonyl (C=O) groups excluding carboxylic acids is 1. The molecular formula is C23H22N6O. The van der Waals surface area contributed by atoms with Gasteiger partial charge in [0.25, 0.3) is 0 Å². The minimum absolute atomic E-state index is 0.0507. The van der Waals surface area contributed by atoms with Crippen LogP contribution in [-0.4, -0.2) is 30.2 Å². The Balaban J connectivity index is 1.31. The standard InChI is InChI=1S/C23H22N6O/c30-23(27-21-9-5-4-8-19(21)14-28-16-24-15-26-28)18-10-11-29-20(12-18)13-25-22(29)17-6-2-1-3-7-17/h1-9,13,15-16,18H,10-12,14H2,(H,27,30)/t18-/m0/s1. The maximum Gasteiger partial charge on any atom is 0.227 e. The Morgan fingerprint density at radius 1 is 1.10 bits per heavy atom. The van der Waals surface area contributed by atoms with E-state index in [0.717, 1.165) is 41.3 Å². The quantitative estimate of drug-likeness (QED) is 0.559. The predicted octanol–water partition coefficient (Wildman–Crippen LogP) is 3.39. The monoisotopic (exact) mass is 398 g/mol. The first-order chi connectivity index (χ1) is 14.8. The van der Waals surface area contributed by atoms with Crippen LogP contribution in [0.5, 0.6) is 0 Å². The van der Waals surface area contributed by atoms with Crippen LogP contribution < -0.4 is 5.32 Å². The summed E-state index contributed by atoms with van der Waals surface area (Å²) in [5.41, 5.74) is 4.04. The van der Waals surface area contributed by atoms with Crippen LogP contribution in [0, 0.1) is 5.92 Å². The number of amides is 1. The van der Waals surface area contributed by atoms with Crippen LogP contribution in [0.25, 0.3) is 11.4 Å². The molecule has 0 bridgehead atoms. The molecule has 1 amide bonds. The van der Waals surface area contributed by atoms with E-state index in [4.69, 9.17) is 0 Å². The number of fused-ring (bicyclic) bond motifs is 1. The summed E-state index contributed by atoms with van der Waals surface area (Å²) in [6.07, 6.45) is 6.57. The van der Waals surface area contributed by atoms with E-state index in [2.05, 4.69) is 37.1 Å². The molecule has 1 aliphatic rings. The van der Waals surface area contributed by atoms with Gasteiger partial charge in [-0.15, -0.1) is 0 Å². The fraction of sp³-hybridized carbons (Fsp3) is 0.217. The lowest BCUT2D eigenvalue weighted by Crippen LogP contribution is -2.30. The van der Waals surface area contributed by atoms with Gasteiger partial charge in [0.15, 0.2) is 0 Å². The molecule has 1 aliphatic heterocycles. The largest absolute Gasteiger partial charge is 0.328 e. The van der Waals surface area contributed by atoms with Crippen LogP contribution in [0.2, 0.25) is 0 Å². The van der Waals surface area contributed by atoms with Crippen molar-refractivity contribution in [2.75, 3.05) is 5.32 Å². The Morgan fingerprint density at radius 2 is 1.93 bits per heavy atom. The lowest BCUT2D eigenvalue weighted by Gasteiger charge is -2.25. The summed E-state index contributed by atoms with van der Waals surface area (Å²) in [7, 11) is 0. The molecule has 0 radical (unpaired) electrons. The van der Waals surface area contributed by atoms with Crippen molar-refractivity contribution in [2.24, 2.45) is 5.92 Å². The van der Waals surface area contributed by atoms with Crippen LogP contribution in [0.3, 0.4) is 0 Å². The number of para-hydroxylation sites is 1. The van der Waals surface area contributed by atoms with Gasteiger partial charge in [-0.3, -0.25) is 4.79 Å². The van der Waals surface area contributed by atoms with Gasteiger partial charge in [0.1, 0.15) is 18.5 Å². The summed E-state index contributed by atoms with van der Waals surface area (Å²) >= 11 is 0. The number of aromatic nitrogens is 5. The summed E-state index contributed by atoms with van der Waals surface area (Å²) in [6, 6.07) is 18.0. The van der Waals surface area contributed by atoms with Gasteiger partial charge in [0, 0.05) is 42.0 Å². The zero-order chi connectivity index (χ0) is 20.3. The topological polar surface area (TPSA) is 77.6 Å².